The van der Waals surface area contributed by atoms with Gasteiger partial charge in [0, 0.05) is 12.0 Å². The number of rotatable bonds is 9. The van der Waals surface area contributed by atoms with E-state index < -0.39 is 24.0 Å². The van der Waals surface area contributed by atoms with Gasteiger partial charge in [-0.2, -0.15) is 0 Å². The lowest BCUT2D eigenvalue weighted by atomic mass is 9.98. The van der Waals surface area contributed by atoms with Crippen molar-refractivity contribution < 1.29 is 28.8 Å². The SMILES string of the molecule is C=CCCC(NC(=O)c1cc(NC(=O)OCC2c3ccccc3-c3ccccc32)on1)C(=O)O. The fourth-order valence-electron chi connectivity index (χ4n) is 3.95. The van der Waals surface area contributed by atoms with Crippen molar-refractivity contribution in [3.8, 4) is 11.1 Å². The van der Waals surface area contributed by atoms with Crippen LogP contribution in [0.3, 0.4) is 0 Å². The first kappa shape index (κ1) is 22.8. The van der Waals surface area contributed by atoms with Crippen LogP contribution < -0.4 is 10.6 Å². The Morgan fingerprint density at radius 1 is 1.12 bits per heavy atom. The molecule has 0 bridgehead atoms. The minimum absolute atomic E-state index is 0.0969. The molecule has 0 aliphatic heterocycles. The molecule has 2 aromatic carbocycles. The van der Waals surface area contributed by atoms with Gasteiger partial charge in [-0.05, 0) is 35.1 Å². The van der Waals surface area contributed by atoms with E-state index in [0.717, 1.165) is 22.3 Å². The number of hydrogen-bond acceptors (Lipinski definition) is 6. The van der Waals surface area contributed by atoms with Crippen LogP contribution in [0, 0.1) is 0 Å². The molecule has 0 spiro atoms. The molecule has 0 saturated carbocycles. The van der Waals surface area contributed by atoms with E-state index in [0.29, 0.717) is 6.42 Å². The number of carboxylic acid groups (broad SMARTS) is 1. The first-order valence-corrected chi connectivity index (χ1v) is 10.7. The third-order valence-electron chi connectivity index (χ3n) is 5.57. The predicted molar refractivity (Wildman–Crippen MR) is 124 cm³/mol. The molecule has 1 unspecified atom stereocenters. The first-order chi connectivity index (χ1) is 16.5. The van der Waals surface area contributed by atoms with Crippen molar-refractivity contribution in [3.05, 3.63) is 84.1 Å². The van der Waals surface area contributed by atoms with Crippen LogP contribution in [-0.2, 0) is 9.53 Å². The van der Waals surface area contributed by atoms with E-state index in [1.165, 1.54) is 6.07 Å². The zero-order chi connectivity index (χ0) is 24.1. The first-order valence-electron chi connectivity index (χ1n) is 10.7. The number of nitrogens with one attached hydrogen (secondary N) is 2. The lowest BCUT2D eigenvalue weighted by molar-refractivity contribution is -0.139. The van der Waals surface area contributed by atoms with Gasteiger partial charge in [0.15, 0.2) is 5.69 Å². The molecule has 0 fully saturated rings. The summed E-state index contributed by atoms with van der Waals surface area (Å²) in [5.74, 6) is -2.10. The zero-order valence-electron chi connectivity index (χ0n) is 18.2. The molecule has 4 rings (SSSR count). The van der Waals surface area contributed by atoms with Crippen molar-refractivity contribution in [1.29, 1.82) is 0 Å². The lowest BCUT2D eigenvalue weighted by Gasteiger charge is -2.14. The van der Waals surface area contributed by atoms with E-state index in [1.807, 2.05) is 48.5 Å². The molecular weight excluding hydrogens is 438 g/mol. The Kier molecular flexibility index (Phi) is 6.72. The monoisotopic (exact) mass is 461 g/mol. The molecule has 9 heteroatoms. The van der Waals surface area contributed by atoms with Crippen LogP contribution in [0.15, 0.2) is 71.8 Å². The number of carboxylic acids is 1. The molecule has 1 heterocycles. The average Bonchev–Trinajstić information content (AvgIpc) is 3.43. The number of benzene rings is 2. The van der Waals surface area contributed by atoms with Gasteiger partial charge in [-0.3, -0.25) is 10.1 Å². The fourth-order valence-corrected chi connectivity index (χ4v) is 3.95. The topological polar surface area (TPSA) is 131 Å². The summed E-state index contributed by atoms with van der Waals surface area (Å²) in [6, 6.07) is 16.1. The Bertz CT molecular complexity index is 1190. The highest BCUT2D eigenvalue weighted by Crippen LogP contribution is 2.44. The van der Waals surface area contributed by atoms with Crippen molar-refractivity contribution in [1.82, 2.24) is 10.5 Å². The molecule has 0 radical (unpaired) electrons. The molecule has 3 aromatic rings. The Morgan fingerprint density at radius 3 is 2.38 bits per heavy atom. The maximum absolute atomic E-state index is 12.3. The molecule has 34 heavy (non-hydrogen) atoms. The largest absolute Gasteiger partial charge is 0.480 e. The van der Waals surface area contributed by atoms with Crippen molar-refractivity contribution in [2.45, 2.75) is 24.8 Å². The second kappa shape index (κ2) is 10.0. The Hall–Kier alpha value is -4.40. The molecule has 174 valence electrons. The van der Waals surface area contributed by atoms with Crippen molar-refractivity contribution in [2.24, 2.45) is 0 Å². The maximum atomic E-state index is 12.3. The van der Waals surface area contributed by atoms with Crippen LogP contribution >= 0.6 is 0 Å². The summed E-state index contributed by atoms with van der Waals surface area (Å²) in [7, 11) is 0. The van der Waals surface area contributed by atoms with Crippen molar-refractivity contribution >= 4 is 23.9 Å². The molecule has 1 atom stereocenters. The van der Waals surface area contributed by atoms with Crippen LogP contribution in [0.25, 0.3) is 11.1 Å². The third kappa shape index (κ3) is 4.83. The number of hydrogen-bond donors (Lipinski definition) is 3. The minimum Gasteiger partial charge on any atom is -0.480 e. The summed E-state index contributed by atoms with van der Waals surface area (Å²) >= 11 is 0. The highest BCUT2D eigenvalue weighted by molar-refractivity contribution is 5.96. The van der Waals surface area contributed by atoms with Crippen LogP contribution in [0.2, 0.25) is 0 Å². The van der Waals surface area contributed by atoms with E-state index in [4.69, 9.17) is 9.26 Å². The number of aliphatic carboxylic acids is 1. The number of anilines is 1. The average molecular weight is 461 g/mol. The quantitative estimate of drug-likeness (QED) is 0.407. The maximum Gasteiger partial charge on any atom is 0.414 e. The molecular formula is C25H23N3O6. The van der Waals surface area contributed by atoms with Gasteiger partial charge in [0.1, 0.15) is 12.6 Å². The molecule has 1 aromatic heterocycles. The van der Waals surface area contributed by atoms with Gasteiger partial charge >= 0.3 is 12.1 Å². The van der Waals surface area contributed by atoms with Crippen LogP contribution in [0.5, 0.6) is 0 Å². The zero-order valence-corrected chi connectivity index (χ0v) is 18.2. The number of allylic oxidation sites excluding steroid dienone is 1. The van der Waals surface area contributed by atoms with Crippen molar-refractivity contribution in [2.75, 3.05) is 11.9 Å². The molecule has 0 saturated heterocycles. The van der Waals surface area contributed by atoms with Crippen molar-refractivity contribution in [3.63, 3.8) is 0 Å². The lowest BCUT2D eigenvalue weighted by Crippen LogP contribution is -2.40. The number of carbonyl (C=O) groups excluding carboxylic acids is 2. The van der Waals surface area contributed by atoms with Gasteiger partial charge in [0.2, 0.25) is 5.88 Å². The Labute approximate surface area is 195 Å². The minimum atomic E-state index is -1.17. The summed E-state index contributed by atoms with van der Waals surface area (Å²) in [6.07, 6.45) is 1.41. The van der Waals surface area contributed by atoms with Gasteiger partial charge in [-0.15, -0.1) is 6.58 Å². The number of aromatic nitrogens is 1. The van der Waals surface area contributed by atoms with Gasteiger partial charge in [0.25, 0.3) is 5.91 Å². The molecule has 1 aliphatic carbocycles. The second-order valence-corrected chi connectivity index (χ2v) is 7.76. The summed E-state index contributed by atoms with van der Waals surface area (Å²) < 4.78 is 10.4. The Morgan fingerprint density at radius 2 is 1.76 bits per heavy atom. The van der Waals surface area contributed by atoms with E-state index in [1.54, 1.807) is 6.08 Å². The number of nitrogens with zero attached hydrogens (tertiary/aromatic N) is 1. The molecule has 2 amide bonds. The number of amides is 2. The third-order valence-corrected chi connectivity index (χ3v) is 5.57. The van der Waals surface area contributed by atoms with E-state index >= 15 is 0 Å². The normalized spacial score (nSPS) is 12.8. The summed E-state index contributed by atoms with van der Waals surface area (Å²) in [4.78, 5) is 35.9. The molecule has 1 aliphatic rings. The highest BCUT2D eigenvalue weighted by atomic mass is 16.6. The molecule has 3 N–H and O–H groups in total. The van der Waals surface area contributed by atoms with Gasteiger partial charge in [-0.25, -0.2) is 9.59 Å². The molecule has 9 nitrogen and oxygen atoms in total. The fraction of sp³-hybridized carbons (Fsp3) is 0.200. The predicted octanol–water partition coefficient (Wildman–Crippen LogP) is 4.18. The standard InChI is InChI=1S/C25H23N3O6/c1-2-3-12-20(24(30)31)26-23(29)21-13-22(34-28-21)27-25(32)33-14-19-17-10-6-4-8-15(17)16-9-5-7-11-18(16)19/h2,4-11,13,19-20H,1,3,12,14H2,(H,26,29)(H,27,32)(H,30,31). The van der Waals surface area contributed by atoms with Crippen LogP contribution in [0.4, 0.5) is 10.7 Å². The summed E-state index contributed by atoms with van der Waals surface area (Å²) in [5.41, 5.74) is 4.23. The van der Waals surface area contributed by atoms with E-state index in [-0.39, 0.29) is 30.5 Å². The Balaban J connectivity index is 1.35. The second-order valence-electron chi connectivity index (χ2n) is 7.76. The van der Waals surface area contributed by atoms with Crippen LogP contribution in [0.1, 0.15) is 40.4 Å². The van der Waals surface area contributed by atoms with Gasteiger partial charge in [-0.1, -0.05) is 59.8 Å². The highest BCUT2D eigenvalue weighted by Gasteiger charge is 2.29. The smallest absolute Gasteiger partial charge is 0.414 e. The van der Waals surface area contributed by atoms with E-state index in [2.05, 4.69) is 22.4 Å². The summed E-state index contributed by atoms with van der Waals surface area (Å²) in [6.45, 7) is 3.65. The van der Waals surface area contributed by atoms with Crippen LogP contribution in [-0.4, -0.2) is 40.9 Å². The number of carbonyl (C=O) groups is 3. The van der Waals surface area contributed by atoms with E-state index in [9.17, 15) is 19.5 Å². The van der Waals surface area contributed by atoms with Gasteiger partial charge in [0.05, 0.1) is 0 Å². The summed E-state index contributed by atoms with van der Waals surface area (Å²) in [5, 5.41) is 17.6. The number of fused-ring (bicyclic) bond motifs is 3. The number of ether oxygens (including phenoxy) is 1. The van der Waals surface area contributed by atoms with Gasteiger partial charge < -0.3 is 19.7 Å².